The zero-order valence-corrected chi connectivity index (χ0v) is 12.9. The maximum atomic E-state index is 4.56. The first-order valence-electron chi connectivity index (χ1n) is 7.38. The molecule has 110 valence electrons. The highest BCUT2D eigenvalue weighted by molar-refractivity contribution is 5.23. The van der Waals surface area contributed by atoms with Crippen LogP contribution in [0.2, 0.25) is 0 Å². The molecule has 5 nitrogen and oxygen atoms in total. The average Bonchev–Trinajstić information content (AvgIpc) is 3.00. The molecular weight excluding hydrogens is 250 g/mol. The number of hydrogen-bond acceptors (Lipinski definition) is 3. The fraction of sp³-hybridized carbons (Fsp3) is 0.600. The van der Waals surface area contributed by atoms with Gasteiger partial charge < -0.3 is 5.32 Å². The molecule has 0 aliphatic carbocycles. The molecule has 2 aromatic rings. The minimum Gasteiger partial charge on any atom is -0.309 e. The largest absolute Gasteiger partial charge is 0.309 e. The first-order valence-corrected chi connectivity index (χ1v) is 7.38. The van der Waals surface area contributed by atoms with E-state index < -0.39 is 0 Å². The summed E-state index contributed by atoms with van der Waals surface area (Å²) in [5, 5.41) is 12.7. The summed E-state index contributed by atoms with van der Waals surface area (Å²) >= 11 is 0. The second-order valence-corrected chi connectivity index (χ2v) is 5.25. The third-order valence-electron chi connectivity index (χ3n) is 3.47. The summed E-state index contributed by atoms with van der Waals surface area (Å²) in [4.78, 5) is 0. The minimum absolute atomic E-state index is 0.286. The van der Waals surface area contributed by atoms with Crippen LogP contribution in [0.25, 0.3) is 0 Å². The van der Waals surface area contributed by atoms with E-state index in [1.165, 1.54) is 11.3 Å². The Kier molecular flexibility index (Phi) is 4.95. The van der Waals surface area contributed by atoms with Crippen molar-refractivity contribution in [1.82, 2.24) is 24.9 Å². The lowest BCUT2D eigenvalue weighted by molar-refractivity contribution is 0.518. The molecule has 2 heterocycles. The molecule has 0 aliphatic rings. The lowest BCUT2D eigenvalue weighted by Crippen LogP contribution is -2.25. The van der Waals surface area contributed by atoms with E-state index in [4.69, 9.17) is 0 Å². The van der Waals surface area contributed by atoms with Gasteiger partial charge in [-0.15, -0.1) is 0 Å². The molecule has 2 aromatic heterocycles. The fourth-order valence-electron chi connectivity index (χ4n) is 2.51. The van der Waals surface area contributed by atoms with Gasteiger partial charge in [0.2, 0.25) is 0 Å². The number of nitrogens with zero attached hydrogens (tertiary/aromatic N) is 4. The topological polar surface area (TPSA) is 47.7 Å². The minimum atomic E-state index is 0.286. The highest BCUT2D eigenvalue weighted by Crippen LogP contribution is 2.21. The van der Waals surface area contributed by atoms with Crippen molar-refractivity contribution < 1.29 is 0 Å². The molecule has 1 N–H and O–H groups in total. The third kappa shape index (κ3) is 3.48. The van der Waals surface area contributed by atoms with Gasteiger partial charge in [0, 0.05) is 44.5 Å². The van der Waals surface area contributed by atoms with E-state index in [0.717, 1.165) is 31.5 Å². The van der Waals surface area contributed by atoms with E-state index in [1.807, 2.05) is 29.7 Å². The van der Waals surface area contributed by atoms with E-state index in [-0.39, 0.29) is 6.04 Å². The van der Waals surface area contributed by atoms with Gasteiger partial charge in [0.15, 0.2) is 0 Å². The number of aromatic nitrogens is 4. The highest BCUT2D eigenvalue weighted by atomic mass is 15.3. The Hall–Kier alpha value is -1.62. The van der Waals surface area contributed by atoms with Crippen LogP contribution in [0.15, 0.2) is 18.5 Å². The molecule has 0 fully saturated rings. The number of aryl methyl sites for hydroxylation is 3. The molecule has 5 heteroatoms. The third-order valence-corrected chi connectivity index (χ3v) is 3.47. The molecule has 0 radical (unpaired) electrons. The summed E-state index contributed by atoms with van der Waals surface area (Å²) < 4.78 is 3.77. The van der Waals surface area contributed by atoms with Crippen LogP contribution in [0.1, 0.15) is 43.3 Å². The van der Waals surface area contributed by atoms with Gasteiger partial charge in [0.25, 0.3) is 0 Å². The van der Waals surface area contributed by atoms with Crippen molar-refractivity contribution in [2.45, 2.75) is 39.2 Å². The van der Waals surface area contributed by atoms with Crippen molar-refractivity contribution >= 4 is 0 Å². The first-order chi connectivity index (χ1) is 9.63. The molecule has 1 atom stereocenters. The molecule has 0 amide bonds. The Labute approximate surface area is 121 Å². The summed E-state index contributed by atoms with van der Waals surface area (Å²) in [5.74, 6) is 0. The molecule has 0 spiro atoms. The fourth-order valence-corrected chi connectivity index (χ4v) is 2.51. The van der Waals surface area contributed by atoms with Crippen molar-refractivity contribution in [2.75, 3.05) is 6.54 Å². The van der Waals surface area contributed by atoms with Crippen LogP contribution in [0.3, 0.4) is 0 Å². The van der Waals surface area contributed by atoms with Crippen LogP contribution in [0.5, 0.6) is 0 Å². The van der Waals surface area contributed by atoms with Gasteiger partial charge in [-0.3, -0.25) is 9.36 Å². The smallest absolute Gasteiger partial charge is 0.0669 e. The van der Waals surface area contributed by atoms with Gasteiger partial charge in [-0.25, -0.2) is 0 Å². The first kappa shape index (κ1) is 14.8. The van der Waals surface area contributed by atoms with E-state index in [1.54, 1.807) is 0 Å². The predicted octanol–water partition coefficient (Wildman–Crippen LogP) is 2.00. The van der Waals surface area contributed by atoms with Gasteiger partial charge in [-0.05, 0) is 25.5 Å². The summed E-state index contributed by atoms with van der Waals surface area (Å²) in [6.45, 7) is 5.35. The van der Waals surface area contributed by atoms with Gasteiger partial charge in [-0.2, -0.15) is 10.2 Å². The quantitative estimate of drug-likeness (QED) is 0.841. The molecule has 0 bridgehead atoms. The Morgan fingerprint density at radius 2 is 2.00 bits per heavy atom. The molecule has 0 aliphatic heterocycles. The lowest BCUT2D eigenvalue weighted by atomic mass is 10.0. The van der Waals surface area contributed by atoms with E-state index in [2.05, 4.69) is 41.6 Å². The highest BCUT2D eigenvalue weighted by Gasteiger charge is 2.18. The van der Waals surface area contributed by atoms with Crippen LogP contribution < -0.4 is 5.32 Å². The van der Waals surface area contributed by atoms with Crippen LogP contribution in [-0.2, 0) is 26.9 Å². The Morgan fingerprint density at radius 1 is 1.20 bits per heavy atom. The van der Waals surface area contributed by atoms with Crippen molar-refractivity contribution in [3.05, 3.63) is 35.4 Å². The average molecular weight is 275 g/mol. The summed E-state index contributed by atoms with van der Waals surface area (Å²) in [6, 6.07) is 2.37. The van der Waals surface area contributed by atoms with Crippen molar-refractivity contribution in [3.63, 3.8) is 0 Å². The Bertz CT molecular complexity index is 540. The maximum absolute atomic E-state index is 4.56. The molecule has 0 saturated carbocycles. The second-order valence-electron chi connectivity index (χ2n) is 5.25. The van der Waals surface area contributed by atoms with E-state index >= 15 is 0 Å². The molecule has 1 unspecified atom stereocenters. The number of hydrogen-bond donors (Lipinski definition) is 1. The molecule has 0 aromatic carbocycles. The Morgan fingerprint density at radius 3 is 2.60 bits per heavy atom. The molecule has 20 heavy (non-hydrogen) atoms. The zero-order valence-electron chi connectivity index (χ0n) is 12.9. The van der Waals surface area contributed by atoms with Crippen LogP contribution >= 0.6 is 0 Å². The van der Waals surface area contributed by atoms with Crippen LogP contribution in [0.4, 0.5) is 0 Å². The SMILES string of the molecule is CCCNC(Cc1ccn(C)n1)c1cn(C)nc1CC. The van der Waals surface area contributed by atoms with Gasteiger partial charge in [0.1, 0.15) is 0 Å². The maximum Gasteiger partial charge on any atom is 0.0669 e. The number of nitrogens with one attached hydrogen (secondary N) is 1. The lowest BCUT2D eigenvalue weighted by Gasteiger charge is -2.17. The monoisotopic (exact) mass is 275 g/mol. The van der Waals surface area contributed by atoms with Gasteiger partial charge >= 0.3 is 0 Å². The standard InChI is InChI=1S/C15H25N5/c1-5-8-16-15(10-12-7-9-19(3)17-12)13-11-20(4)18-14(13)6-2/h7,9,11,15-16H,5-6,8,10H2,1-4H3. The summed E-state index contributed by atoms with van der Waals surface area (Å²) in [7, 11) is 3.94. The van der Waals surface area contributed by atoms with Crippen LogP contribution in [0, 0.1) is 0 Å². The van der Waals surface area contributed by atoms with Gasteiger partial charge in [0.05, 0.1) is 11.4 Å². The number of rotatable bonds is 7. The van der Waals surface area contributed by atoms with Crippen molar-refractivity contribution in [1.29, 1.82) is 0 Å². The second kappa shape index (κ2) is 6.70. The summed E-state index contributed by atoms with van der Waals surface area (Å²) in [6.07, 6.45) is 7.12. The van der Waals surface area contributed by atoms with Gasteiger partial charge in [-0.1, -0.05) is 13.8 Å². The molecular formula is C15H25N5. The van der Waals surface area contributed by atoms with Crippen molar-refractivity contribution in [2.24, 2.45) is 14.1 Å². The normalized spacial score (nSPS) is 12.8. The summed E-state index contributed by atoms with van der Waals surface area (Å²) in [5.41, 5.74) is 3.60. The molecule has 0 saturated heterocycles. The van der Waals surface area contributed by atoms with E-state index in [9.17, 15) is 0 Å². The van der Waals surface area contributed by atoms with Crippen LogP contribution in [-0.4, -0.2) is 26.1 Å². The van der Waals surface area contributed by atoms with E-state index in [0.29, 0.717) is 0 Å². The molecule has 2 rings (SSSR count). The Balaban J connectivity index is 2.21. The predicted molar refractivity (Wildman–Crippen MR) is 80.5 cm³/mol. The zero-order chi connectivity index (χ0) is 14.5. The van der Waals surface area contributed by atoms with Crippen molar-refractivity contribution in [3.8, 4) is 0 Å².